The van der Waals surface area contributed by atoms with Crippen LogP contribution in [0, 0.1) is 0 Å². The molecule has 0 spiro atoms. The van der Waals surface area contributed by atoms with Crippen molar-refractivity contribution >= 4 is 5.78 Å². The maximum atomic E-state index is 11.4. The summed E-state index contributed by atoms with van der Waals surface area (Å²) in [4.78, 5) is 11.4. The van der Waals surface area contributed by atoms with Gasteiger partial charge >= 0.3 is 0 Å². The molecule has 0 aromatic rings. The largest absolute Gasteiger partial charge is 0.320 e. The Balaban J connectivity index is 3.09. The van der Waals surface area contributed by atoms with Crippen molar-refractivity contribution in [3.8, 4) is 0 Å². The maximum Gasteiger partial charge on any atom is 0.132 e. The Morgan fingerprint density at radius 3 is 2.06 bits per heavy atom. The van der Waals surface area contributed by atoms with Crippen LogP contribution in [0.15, 0.2) is 0 Å². The SMILES string of the molecule is CCCCCCCCCC(=O)CCCNC. The molecule has 2 heteroatoms. The highest BCUT2D eigenvalue weighted by atomic mass is 16.1. The molecule has 0 fully saturated rings. The number of Topliss-reactive ketones (excluding diaryl/α,β-unsaturated/α-hetero) is 1. The van der Waals surface area contributed by atoms with Crippen LogP contribution in [-0.4, -0.2) is 19.4 Å². The summed E-state index contributed by atoms with van der Waals surface area (Å²) in [5.41, 5.74) is 0. The van der Waals surface area contributed by atoms with E-state index in [1.165, 1.54) is 38.5 Å². The topological polar surface area (TPSA) is 29.1 Å². The van der Waals surface area contributed by atoms with Crippen molar-refractivity contribution < 1.29 is 4.79 Å². The van der Waals surface area contributed by atoms with Crippen molar-refractivity contribution in [1.82, 2.24) is 5.32 Å². The molecule has 0 aromatic carbocycles. The summed E-state index contributed by atoms with van der Waals surface area (Å²) in [6.07, 6.45) is 11.6. The van der Waals surface area contributed by atoms with E-state index >= 15 is 0 Å². The lowest BCUT2D eigenvalue weighted by Crippen LogP contribution is -2.09. The van der Waals surface area contributed by atoms with Gasteiger partial charge < -0.3 is 5.32 Å². The van der Waals surface area contributed by atoms with Crippen LogP contribution in [-0.2, 0) is 4.79 Å². The fraction of sp³-hybridized carbons (Fsp3) is 0.929. The number of ketones is 1. The number of carbonyl (C=O) groups excluding carboxylic acids is 1. The lowest BCUT2D eigenvalue weighted by molar-refractivity contribution is -0.119. The van der Waals surface area contributed by atoms with Gasteiger partial charge in [-0.1, -0.05) is 45.4 Å². The van der Waals surface area contributed by atoms with E-state index < -0.39 is 0 Å². The van der Waals surface area contributed by atoms with Crippen LogP contribution >= 0.6 is 0 Å². The Bertz CT molecular complexity index is 157. The molecule has 1 N–H and O–H groups in total. The van der Waals surface area contributed by atoms with E-state index in [4.69, 9.17) is 0 Å². The molecule has 0 saturated carbocycles. The molecule has 0 aromatic heterocycles. The number of hydrogen-bond acceptors (Lipinski definition) is 2. The molecule has 0 unspecified atom stereocenters. The zero-order chi connectivity index (χ0) is 12.1. The molecule has 0 saturated heterocycles. The van der Waals surface area contributed by atoms with Crippen LogP contribution in [0.1, 0.15) is 71.1 Å². The molecule has 0 amide bonds. The molecule has 0 rings (SSSR count). The van der Waals surface area contributed by atoms with Gasteiger partial charge in [0, 0.05) is 12.8 Å². The van der Waals surface area contributed by atoms with Gasteiger partial charge in [0.15, 0.2) is 0 Å². The van der Waals surface area contributed by atoms with Gasteiger partial charge in [-0.05, 0) is 26.4 Å². The van der Waals surface area contributed by atoms with Crippen molar-refractivity contribution in [2.75, 3.05) is 13.6 Å². The molecular weight excluding hydrogens is 198 g/mol. The van der Waals surface area contributed by atoms with Crippen LogP contribution in [0.4, 0.5) is 0 Å². The van der Waals surface area contributed by atoms with Crippen LogP contribution in [0.3, 0.4) is 0 Å². The third-order valence-electron chi connectivity index (χ3n) is 2.94. The highest BCUT2D eigenvalue weighted by molar-refractivity contribution is 5.78. The summed E-state index contributed by atoms with van der Waals surface area (Å²) in [6, 6.07) is 0. The van der Waals surface area contributed by atoms with E-state index in [-0.39, 0.29) is 0 Å². The van der Waals surface area contributed by atoms with E-state index in [1.54, 1.807) is 0 Å². The predicted octanol–water partition coefficient (Wildman–Crippen LogP) is 3.70. The van der Waals surface area contributed by atoms with Crippen LogP contribution in [0.2, 0.25) is 0 Å². The number of nitrogens with one attached hydrogen (secondary N) is 1. The summed E-state index contributed by atoms with van der Waals surface area (Å²) in [5.74, 6) is 0.448. The van der Waals surface area contributed by atoms with Crippen molar-refractivity contribution in [3.63, 3.8) is 0 Å². The summed E-state index contributed by atoms with van der Waals surface area (Å²) < 4.78 is 0. The second-order valence-electron chi connectivity index (χ2n) is 4.62. The highest BCUT2D eigenvalue weighted by Gasteiger charge is 2.00. The van der Waals surface area contributed by atoms with Gasteiger partial charge in [0.1, 0.15) is 5.78 Å². The average Bonchev–Trinajstić information content (AvgIpc) is 2.28. The molecule has 0 aliphatic rings. The molecule has 0 aliphatic carbocycles. The van der Waals surface area contributed by atoms with E-state index in [1.807, 2.05) is 7.05 Å². The minimum absolute atomic E-state index is 0.448. The molecule has 0 radical (unpaired) electrons. The third-order valence-corrected chi connectivity index (χ3v) is 2.94. The Morgan fingerprint density at radius 1 is 0.875 bits per heavy atom. The molecule has 0 heterocycles. The number of unbranched alkanes of at least 4 members (excludes halogenated alkanes) is 6. The number of hydrogen-bond donors (Lipinski definition) is 1. The summed E-state index contributed by atoms with van der Waals surface area (Å²) in [7, 11) is 1.93. The molecule has 16 heavy (non-hydrogen) atoms. The normalized spacial score (nSPS) is 10.6. The van der Waals surface area contributed by atoms with Crippen molar-refractivity contribution in [2.45, 2.75) is 71.1 Å². The lowest BCUT2D eigenvalue weighted by atomic mass is 10.1. The minimum Gasteiger partial charge on any atom is -0.320 e. The first-order valence-corrected chi connectivity index (χ1v) is 6.97. The van der Waals surface area contributed by atoms with Gasteiger partial charge in [-0.15, -0.1) is 0 Å². The van der Waals surface area contributed by atoms with Gasteiger partial charge in [-0.3, -0.25) is 4.79 Å². The predicted molar refractivity (Wildman–Crippen MR) is 70.8 cm³/mol. The zero-order valence-corrected chi connectivity index (χ0v) is 11.2. The lowest BCUT2D eigenvalue weighted by Gasteiger charge is -2.02. The Hall–Kier alpha value is -0.370. The van der Waals surface area contributed by atoms with Gasteiger partial charge in [-0.25, -0.2) is 0 Å². The first-order chi connectivity index (χ1) is 7.81. The Labute approximate surface area is 101 Å². The van der Waals surface area contributed by atoms with E-state index in [0.29, 0.717) is 5.78 Å². The van der Waals surface area contributed by atoms with E-state index in [0.717, 1.165) is 32.2 Å². The van der Waals surface area contributed by atoms with Gasteiger partial charge in [0.25, 0.3) is 0 Å². The molecule has 2 nitrogen and oxygen atoms in total. The fourth-order valence-electron chi connectivity index (χ4n) is 1.87. The standard InChI is InChI=1S/C14H29NO/c1-3-4-5-6-7-8-9-11-14(16)12-10-13-15-2/h15H,3-13H2,1-2H3. The second-order valence-corrected chi connectivity index (χ2v) is 4.62. The van der Waals surface area contributed by atoms with Crippen molar-refractivity contribution in [3.05, 3.63) is 0 Å². The average molecular weight is 227 g/mol. The molecular formula is C14H29NO. The number of rotatable bonds is 12. The van der Waals surface area contributed by atoms with Crippen LogP contribution in [0.5, 0.6) is 0 Å². The molecule has 0 atom stereocenters. The Morgan fingerprint density at radius 2 is 1.44 bits per heavy atom. The summed E-state index contributed by atoms with van der Waals surface area (Å²) >= 11 is 0. The monoisotopic (exact) mass is 227 g/mol. The molecule has 96 valence electrons. The Kier molecular flexibility index (Phi) is 12.4. The second kappa shape index (κ2) is 12.7. The number of carbonyl (C=O) groups is 1. The van der Waals surface area contributed by atoms with Gasteiger partial charge in [0.05, 0.1) is 0 Å². The fourth-order valence-corrected chi connectivity index (χ4v) is 1.87. The third kappa shape index (κ3) is 11.7. The van der Waals surface area contributed by atoms with E-state index in [2.05, 4.69) is 12.2 Å². The van der Waals surface area contributed by atoms with E-state index in [9.17, 15) is 4.79 Å². The van der Waals surface area contributed by atoms with Gasteiger partial charge in [0.2, 0.25) is 0 Å². The smallest absolute Gasteiger partial charge is 0.132 e. The highest BCUT2D eigenvalue weighted by Crippen LogP contribution is 2.09. The van der Waals surface area contributed by atoms with Crippen LogP contribution < -0.4 is 5.32 Å². The minimum atomic E-state index is 0.448. The first-order valence-electron chi connectivity index (χ1n) is 6.97. The van der Waals surface area contributed by atoms with Crippen molar-refractivity contribution in [1.29, 1.82) is 0 Å². The van der Waals surface area contributed by atoms with Gasteiger partial charge in [-0.2, -0.15) is 0 Å². The van der Waals surface area contributed by atoms with Crippen molar-refractivity contribution in [2.24, 2.45) is 0 Å². The quantitative estimate of drug-likeness (QED) is 0.515. The maximum absolute atomic E-state index is 11.4. The molecule has 0 bridgehead atoms. The molecule has 0 aliphatic heterocycles. The summed E-state index contributed by atoms with van der Waals surface area (Å²) in [6.45, 7) is 3.20. The summed E-state index contributed by atoms with van der Waals surface area (Å²) in [5, 5.41) is 3.07. The zero-order valence-electron chi connectivity index (χ0n) is 11.2. The van der Waals surface area contributed by atoms with Crippen LogP contribution in [0.25, 0.3) is 0 Å². The first kappa shape index (κ1) is 15.6.